The van der Waals surface area contributed by atoms with Crippen molar-refractivity contribution in [3.63, 3.8) is 0 Å². The topological polar surface area (TPSA) is 39.1 Å². The van der Waals surface area contributed by atoms with E-state index in [2.05, 4.69) is 33.2 Å². The van der Waals surface area contributed by atoms with Crippen molar-refractivity contribution in [3.05, 3.63) is 48.0 Å². The SMILES string of the molecule is CNCCc1cn(CC2Cc3ccccc3O2)cn1. The minimum absolute atomic E-state index is 0.226. The first kappa shape index (κ1) is 12.2. The fourth-order valence-electron chi connectivity index (χ4n) is 2.48. The van der Waals surface area contributed by atoms with Crippen molar-refractivity contribution in [2.75, 3.05) is 13.6 Å². The smallest absolute Gasteiger partial charge is 0.123 e. The normalized spacial score (nSPS) is 17.2. The number of likely N-dealkylation sites (N-methyl/N-ethyl adjacent to an activating group) is 1. The zero-order valence-corrected chi connectivity index (χ0v) is 11.2. The molecule has 1 unspecified atom stereocenters. The minimum atomic E-state index is 0.226. The van der Waals surface area contributed by atoms with E-state index in [0.29, 0.717) is 0 Å². The maximum Gasteiger partial charge on any atom is 0.123 e. The van der Waals surface area contributed by atoms with Crippen LogP contribution in [0.3, 0.4) is 0 Å². The second-order valence-electron chi connectivity index (χ2n) is 4.97. The lowest BCUT2D eigenvalue weighted by atomic mass is 10.1. The molecule has 2 heterocycles. The van der Waals surface area contributed by atoms with Crippen LogP contribution in [-0.2, 0) is 19.4 Å². The number of para-hydroxylation sites is 1. The van der Waals surface area contributed by atoms with Crippen molar-refractivity contribution in [3.8, 4) is 5.75 Å². The maximum absolute atomic E-state index is 5.94. The van der Waals surface area contributed by atoms with E-state index < -0.39 is 0 Å². The van der Waals surface area contributed by atoms with Gasteiger partial charge < -0.3 is 14.6 Å². The number of imidazole rings is 1. The summed E-state index contributed by atoms with van der Waals surface area (Å²) in [6.07, 6.45) is 6.19. The molecule has 0 spiro atoms. The van der Waals surface area contributed by atoms with E-state index in [1.165, 1.54) is 5.56 Å². The Morgan fingerprint density at radius 3 is 3.16 bits per heavy atom. The van der Waals surface area contributed by atoms with Crippen LogP contribution >= 0.6 is 0 Å². The second kappa shape index (κ2) is 5.45. The third-order valence-corrected chi connectivity index (χ3v) is 3.45. The fourth-order valence-corrected chi connectivity index (χ4v) is 2.48. The van der Waals surface area contributed by atoms with Crippen LogP contribution in [-0.4, -0.2) is 29.2 Å². The van der Waals surface area contributed by atoms with E-state index in [4.69, 9.17) is 4.74 Å². The maximum atomic E-state index is 5.94. The molecule has 0 fully saturated rings. The molecule has 100 valence electrons. The Balaban J connectivity index is 1.60. The number of fused-ring (bicyclic) bond motifs is 1. The van der Waals surface area contributed by atoms with Crippen LogP contribution in [0, 0.1) is 0 Å². The van der Waals surface area contributed by atoms with Crippen molar-refractivity contribution in [2.24, 2.45) is 0 Å². The summed E-state index contributed by atoms with van der Waals surface area (Å²) in [5.74, 6) is 1.03. The average molecular weight is 257 g/mol. The molecule has 1 aromatic carbocycles. The van der Waals surface area contributed by atoms with Gasteiger partial charge in [-0.2, -0.15) is 0 Å². The predicted molar refractivity (Wildman–Crippen MR) is 74.4 cm³/mol. The van der Waals surface area contributed by atoms with Gasteiger partial charge in [-0.1, -0.05) is 18.2 Å². The van der Waals surface area contributed by atoms with Gasteiger partial charge in [-0.05, 0) is 18.7 Å². The number of hydrogen-bond donors (Lipinski definition) is 1. The molecule has 19 heavy (non-hydrogen) atoms. The van der Waals surface area contributed by atoms with Gasteiger partial charge in [0.2, 0.25) is 0 Å². The first-order chi connectivity index (χ1) is 9.35. The fraction of sp³-hybridized carbons (Fsp3) is 0.400. The molecule has 4 nitrogen and oxygen atoms in total. The van der Waals surface area contributed by atoms with Crippen molar-refractivity contribution in [1.82, 2.24) is 14.9 Å². The molecule has 1 aliphatic rings. The first-order valence-corrected chi connectivity index (χ1v) is 6.75. The van der Waals surface area contributed by atoms with E-state index in [-0.39, 0.29) is 6.10 Å². The van der Waals surface area contributed by atoms with E-state index in [1.54, 1.807) is 0 Å². The summed E-state index contributed by atoms with van der Waals surface area (Å²) in [5, 5.41) is 3.14. The second-order valence-corrected chi connectivity index (χ2v) is 4.97. The van der Waals surface area contributed by atoms with E-state index in [9.17, 15) is 0 Å². The Hall–Kier alpha value is -1.81. The molecular weight excluding hydrogens is 238 g/mol. The molecule has 0 amide bonds. The number of ether oxygens (including phenoxy) is 1. The minimum Gasteiger partial charge on any atom is -0.488 e. The number of nitrogens with one attached hydrogen (secondary N) is 1. The van der Waals surface area contributed by atoms with Gasteiger partial charge in [-0.15, -0.1) is 0 Å². The van der Waals surface area contributed by atoms with Crippen LogP contribution in [0.4, 0.5) is 0 Å². The van der Waals surface area contributed by atoms with Gasteiger partial charge in [0.25, 0.3) is 0 Å². The Morgan fingerprint density at radius 1 is 1.42 bits per heavy atom. The van der Waals surface area contributed by atoms with Crippen LogP contribution in [0.2, 0.25) is 0 Å². The molecule has 1 atom stereocenters. The third kappa shape index (κ3) is 2.79. The molecule has 3 rings (SSSR count). The van der Waals surface area contributed by atoms with Crippen LogP contribution in [0.1, 0.15) is 11.3 Å². The Morgan fingerprint density at radius 2 is 2.32 bits per heavy atom. The number of rotatable bonds is 5. The van der Waals surface area contributed by atoms with Gasteiger partial charge in [0.15, 0.2) is 0 Å². The van der Waals surface area contributed by atoms with Gasteiger partial charge in [-0.25, -0.2) is 4.98 Å². The molecule has 2 aromatic rings. The van der Waals surface area contributed by atoms with Gasteiger partial charge in [-0.3, -0.25) is 0 Å². The summed E-state index contributed by atoms with van der Waals surface area (Å²) >= 11 is 0. The molecular formula is C15H19N3O. The molecule has 1 aliphatic heterocycles. The number of benzene rings is 1. The van der Waals surface area contributed by atoms with E-state index in [1.807, 2.05) is 25.5 Å². The average Bonchev–Trinajstić information content (AvgIpc) is 3.02. The van der Waals surface area contributed by atoms with Crippen molar-refractivity contribution in [2.45, 2.75) is 25.5 Å². The lowest BCUT2D eigenvalue weighted by Crippen LogP contribution is -2.19. The molecule has 4 heteroatoms. The molecule has 1 N–H and O–H groups in total. The summed E-state index contributed by atoms with van der Waals surface area (Å²) in [5.41, 5.74) is 2.44. The summed E-state index contributed by atoms with van der Waals surface area (Å²) in [4.78, 5) is 4.41. The first-order valence-electron chi connectivity index (χ1n) is 6.75. The number of aromatic nitrogens is 2. The van der Waals surface area contributed by atoms with E-state index in [0.717, 1.165) is 37.4 Å². The van der Waals surface area contributed by atoms with E-state index >= 15 is 0 Å². The summed E-state index contributed by atoms with van der Waals surface area (Å²) in [6.45, 7) is 1.82. The van der Waals surface area contributed by atoms with Crippen LogP contribution < -0.4 is 10.1 Å². The Kier molecular flexibility index (Phi) is 3.51. The highest BCUT2D eigenvalue weighted by Crippen LogP contribution is 2.28. The van der Waals surface area contributed by atoms with Crippen molar-refractivity contribution < 1.29 is 4.74 Å². The van der Waals surface area contributed by atoms with Crippen LogP contribution in [0.25, 0.3) is 0 Å². The largest absolute Gasteiger partial charge is 0.488 e. The monoisotopic (exact) mass is 257 g/mol. The van der Waals surface area contributed by atoms with Gasteiger partial charge in [0, 0.05) is 25.6 Å². The molecule has 0 bridgehead atoms. The highest BCUT2D eigenvalue weighted by Gasteiger charge is 2.22. The molecule has 0 radical (unpaired) electrons. The zero-order chi connectivity index (χ0) is 13.1. The van der Waals surface area contributed by atoms with Gasteiger partial charge in [0.05, 0.1) is 18.6 Å². The Labute approximate surface area is 113 Å². The van der Waals surface area contributed by atoms with Crippen LogP contribution in [0.15, 0.2) is 36.8 Å². The van der Waals surface area contributed by atoms with Crippen LogP contribution in [0.5, 0.6) is 5.75 Å². The molecule has 1 aromatic heterocycles. The lowest BCUT2D eigenvalue weighted by molar-refractivity contribution is 0.209. The van der Waals surface area contributed by atoms with Crippen molar-refractivity contribution >= 4 is 0 Å². The zero-order valence-electron chi connectivity index (χ0n) is 11.2. The lowest BCUT2D eigenvalue weighted by Gasteiger charge is -2.10. The molecule has 0 aliphatic carbocycles. The quantitative estimate of drug-likeness (QED) is 0.885. The summed E-state index contributed by atoms with van der Waals surface area (Å²) < 4.78 is 8.07. The standard InChI is InChI=1S/C15H19N3O/c1-16-7-6-13-9-18(11-17-13)10-14-8-12-4-2-3-5-15(12)19-14/h2-5,9,11,14,16H,6-8,10H2,1H3. The summed E-state index contributed by atoms with van der Waals surface area (Å²) in [7, 11) is 1.96. The van der Waals surface area contributed by atoms with Gasteiger partial charge >= 0.3 is 0 Å². The number of nitrogens with zero attached hydrogens (tertiary/aromatic N) is 2. The predicted octanol–water partition coefficient (Wildman–Crippen LogP) is 1.65. The highest BCUT2D eigenvalue weighted by atomic mass is 16.5. The third-order valence-electron chi connectivity index (χ3n) is 3.45. The summed E-state index contributed by atoms with van der Waals surface area (Å²) in [6, 6.07) is 8.27. The van der Waals surface area contributed by atoms with Gasteiger partial charge in [0.1, 0.15) is 11.9 Å². The van der Waals surface area contributed by atoms with Crippen molar-refractivity contribution in [1.29, 1.82) is 0 Å². The molecule has 0 saturated carbocycles. The highest BCUT2D eigenvalue weighted by molar-refractivity contribution is 5.37. The molecule has 0 saturated heterocycles. The Bertz CT molecular complexity index is 525. The number of hydrogen-bond acceptors (Lipinski definition) is 3.